The fourth-order valence-corrected chi connectivity index (χ4v) is 5.19. The van der Waals surface area contributed by atoms with Gasteiger partial charge in [0.15, 0.2) is 0 Å². The van der Waals surface area contributed by atoms with Crippen LogP contribution in [0.4, 0.5) is 0 Å². The molecule has 1 aromatic heterocycles. The summed E-state index contributed by atoms with van der Waals surface area (Å²) in [7, 11) is 3.98. The van der Waals surface area contributed by atoms with Crippen molar-refractivity contribution in [3.05, 3.63) is 51.8 Å². The third-order valence-electron chi connectivity index (χ3n) is 7.42. The van der Waals surface area contributed by atoms with Crippen LogP contribution in [0, 0.1) is 17.8 Å². The zero-order valence-electron chi connectivity index (χ0n) is 23.4. The Morgan fingerprint density at radius 1 is 1.08 bits per heavy atom. The molecule has 2 aliphatic rings. The number of aromatic nitrogens is 2. The maximum atomic E-state index is 13.5. The lowest BCUT2D eigenvalue weighted by atomic mass is 9.83. The molecule has 0 aliphatic heterocycles. The van der Waals surface area contributed by atoms with Crippen LogP contribution in [0.5, 0.6) is 0 Å². The van der Waals surface area contributed by atoms with Crippen molar-refractivity contribution in [1.29, 1.82) is 0 Å². The van der Waals surface area contributed by atoms with Gasteiger partial charge in [-0.1, -0.05) is 38.8 Å². The Labute approximate surface area is 229 Å². The minimum absolute atomic E-state index is 0.108. The summed E-state index contributed by atoms with van der Waals surface area (Å²) in [5.74, 6) is -1.86. The van der Waals surface area contributed by atoms with Crippen LogP contribution in [0.2, 0.25) is 0 Å². The van der Waals surface area contributed by atoms with Gasteiger partial charge in [0.25, 0.3) is 11.8 Å². The number of benzene rings is 1. The van der Waals surface area contributed by atoms with E-state index in [1.54, 1.807) is 12.1 Å². The van der Waals surface area contributed by atoms with Gasteiger partial charge in [0.05, 0.1) is 18.5 Å². The number of amides is 2. The second-order valence-corrected chi connectivity index (χ2v) is 11.8. The van der Waals surface area contributed by atoms with Gasteiger partial charge in [-0.25, -0.2) is 4.79 Å². The molecule has 2 N–H and O–H groups in total. The molecule has 0 saturated heterocycles. The molecule has 2 fully saturated rings. The Hall–Kier alpha value is -3.27. The highest BCUT2D eigenvalue weighted by Gasteiger charge is 2.36. The highest BCUT2D eigenvalue weighted by molar-refractivity contribution is 5.99. The first-order valence-corrected chi connectivity index (χ1v) is 14.1. The van der Waals surface area contributed by atoms with Gasteiger partial charge in [0, 0.05) is 18.2 Å². The minimum Gasteiger partial charge on any atom is -0.384 e. The van der Waals surface area contributed by atoms with E-state index in [9.17, 15) is 19.2 Å². The van der Waals surface area contributed by atoms with Crippen molar-refractivity contribution < 1.29 is 18.8 Å². The van der Waals surface area contributed by atoms with Crippen LogP contribution < -0.4 is 16.4 Å². The standard InChI is InChI=1S/C29H41N5O5/c1-18(2)15-24(25(35)28-32-34(29(38)39-28)17-20-9-10-20)31-27(37)22-7-5-6-8-23(22)30-26(36)21-13-11-19(12-14-21)16-33(3)4/h11-14,18,20,22-24H,5-10,15-17H2,1-4H3,(H,30,36)(H,31,37)/t22-,23+,24?/m1/s1. The molecule has 2 amide bonds. The van der Waals surface area contributed by atoms with Gasteiger partial charge in [-0.2, -0.15) is 4.68 Å². The van der Waals surface area contributed by atoms with Crippen molar-refractivity contribution in [2.75, 3.05) is 14.1 Å². The SMILES string of the molecule is CC(C)CC(NC(=O)[C@@H]1CCCC[C@@H]1NC(=O)c1ccc(CN(C)C)cc1)C(=O)c1nn(CC2CC2)c(=O)o1. The molecule has 39 heavy (non-hydrogen) atoms. The summed E-state index contributed by atoms with van der Waals surface area (Å²) in [5, 5.41) is 10.1. The molecule has 2 saturated carbocycles. The zero-order valence-corrected chi connectivity index (χ0v) is 23.4. The number of ketones is 1. The molecule has 1 heterocycles. The zero-order chi connectivity index (χ0) is 28.1. The van der Waals surface area contributed by atoms with Gasteiger partial charge >= 0.3 is 5.76 Å². The molecule has 1 unspecified atom stereocenters. The van der Waals surface area contributed by atoms with Crippen LogP contribution in [0.1, 0.15) is 85.4 Å². The molecule has 0 radical (unpaired) electrons. The molecule has 1 aromatic carbocycles. The van der Waals surface area contributed by atoms with Crippen molar-refractivity contribution >= 4 is 17.6 Å². The number of nitrogens with zero attached hydrogens (tertiary/aromatic N) is 3. The van der Waals surface area contributed by atoms with Crippen molar-refractivity contribution in [3.8, 4) is 0 Å². The highest BCUT2D eigenvalue weighted by atomic mass is 16.4. The maximum absolute atomic E-state index is 13.5. The first-order chi connectivity index (χ1) is 18.6. The normalized spacial score (nSPS) is 20.2. The van der Waals surface area contributed by atoms with Crippen LogP contribution in [0.3, 0.4) is 0 Å². The molecule has 2 aromatic rings. The van der Waals surface area contributed by atoms with Crippen molar-refractivity contribution in [3.63, 3.8) is 0 Å². The molecular formula is C29H41N5O5. The largest absolute Gasteiger partial charge is 0.437 e. The number of Topliss-reactive ketones (excluding diaryl/α,β-unsaturated/α-hetero) is 1. The molecule has 0 bridgehead atoms. The molecule has 2 aliphatic carbocycles. The molecular weight excluding hydrogens is 498 g/mol. The van der Waals surface area contributed by atoms with Crippen molar-refractivity contribution in [1.82, 2.24) is 25.3 Å². The summed E-state index contributed by atoms with van der Waals surface area (Å²) in [4.78, 5) is 54.1. The monoisotopic (exact) mass is 539 g/mol. The summed E-state index contributed by atoms with van der Waals surface area (Å²) in [6.07, 6.45) is 5.54. The predicted octanol–water partition coefficient (Wildman–Crippen LogP) is 3.01. The maximum Gasteiger partial charge on any atom is 0.437 e. The minimum atomic E-state index is -0.868. The van der Waals surface area contributed by atoms with E-state index in [-0.39, 0.29) is 29.7 Å². The molecule has 4 rings (SSSR count). The summed E-state index contributed by atoms with van der Waals surface area (Å²) in [6.45, 7) is 5.15. The van der Waals surface area contributed by atoms with E-state index in [4.69, 9.17) is 4.42 Å². The third kappa shape index (κ3) is 7.88. The third-order valence-corrected chi connectivity index (χ3v) is 7.42. The first-order valence-electron chi connectivity index (χ1n) is 14.1. The average Bonchev–Trinajstić information content (AvgIpc) is 3.63. The van der Waals surface area contributed by atoms with Gasteiger partial charge < -0.3 is 20.0 Å². The van der Waals surface area contributed by atoms with Crippen LogP contribution in [0.15, 0.2) is 33.5 Å². The smallest absolute Gasteiger partial charge is 0.384 e. The second-order valence-electron chi connectivity index (χ2n) is 11.8. The first kappa shape index (κ1) is 28.7. The number of rotatable bonds is 12. The van der Waals surface area contributed by atoms with E-state index in [0.29, 0.717) is 37.3 Å². The number of carbonyl (C=O) groups is 3. The van der Waals surface area contributed by atoms with Gasteiger partial charge in [-0.15, -0.1) is 5.10 Å². The quantitative estimate of drug-likeness (QED) is 0.397. The van der Waals surface area contributed by atoms with Gasteiger partial charge in [-0.05, 0) is 75.7 Å². The Kier molecular flexibility index (Phi) is 9.37. The molecule has 3 atom stereocenters. The van der Waals surface area contributed by atoms with Crippen LogP contribution >= 0.6 is 0 Å². The average molecular weight is 540 g/mol. The summed E-state index contributed by atoms with van der Waals surface area (Å²) >= 11 is 0. The van der Waals surface area contributed by atoms with Crippen LogP contribution in [-0.4, -0.2) is 58.5 Å². The van der Waals surface area contributed by atoms with E-state index < -0.39 is 23.5 Å². The predicted molar refractivity (Wildman–Crippen MR) is 146 cm³/mol. The number of carbonyl (C=O) groups excluding carboxylic acids is 3. The number of hydrogen-bond donors (Lipinski definition) is 2. The van der Waals surface area contributed by atoms with Gasteiger partial charge in [0.1, 0.15) is 0 Å². The lowest BCUT2D eigenvalue weighted by Gasteiger charge is -2.32. The topological polar surface area (TPSA) is 127 Å². The second kappa shape index (κ2) is 12.7. The van der Waals surface area contributed by atoms with Gasteiger partial charge in [0.2, 0.25) is 11.7 Å². The molecule has 10 nitrogen and oxygen atoms in total. The van der Waals surface area contributed by atoms with E-state index in [1.165, 1.54) is 4.68 Å². The molecule has 0 spiro atoms. The van der Waals surface area contributed by atoms with Crippen LogP contribution in [-0.2, 0) is 17.9 Å². The Morgan fingerprint density at radius 3 is 2.41 bits per heavy atom. The Morgan fingerprint density at radius 2 is 1.77 bits per heavy atom. The van der Waals surface area contributed by atoms with E-state index in [1.807, 2.05) is 40.1 Å². The molecule has 10 heteroatoms. The Balaban J connectivity index is 1.43. The summed E-state index contributed by atoms with van der Waals surface area (Å²) < 4.78 is 6.39. The van der Waals surface area contributed by atoms with Crippen molar-refractivity contribution in [2.45, 2.75) is 84.0 Å². The fourth-order valence-electron chi connectivity index (χ4n) is 5.19. The summed E-state index contributed by atoms with van der Waals surface area (Å²) in [6, 6.07) is 6.28. The van der Waals surface area contributed by atoms with E-state index in [0.717, 1.165) is 37.8 Å². The Bertz CT molecular complexity index is 1210. The number of nitrogens with one attached hydrogen (secondary N) is 2. The van der Waals surface area contributed by atoms with Crippen molar-refractivity contribution in [2.24, 2.45) is 17.8 Å². The lowest BCUT2D eigenvalue weighted by molar-refractivity contribution is -0.127. The van der Waals surface area contributed by atoms with E-state index >= 15 is 0 Å². The van der Waals surface area contributed by atoms with E-state index in [2.05, 4.69) is 20.6 Å². The fraction of sp³-hybridized carbons (Fsp3) is 0.621. The number of hydrogen-bond acceptors (Lipinski definition) is 7. The highest BCUT2D eigenvalue weighted by Crippen LogP contribution is 2.30. The summed E-state index contributed by atoms with van der Waals surface area (Å²) in [5.41, 5.74) is 1.66. The lowest BCUT2D eigenvalue weighted by Crippen LogP contribution is -2.52. The van der Waals surface area contributed by atoms with Crippen LogP contribution in [0.25, 0.3) is 0 Å². The van der Waals surface area contributed by atoms with Gasteiger partial charge in [-0.3, -0.25) is 14.4 Å². The molecule has 212 valence electrons.